The standard InChI is InChI=1S/C13H19N3OS/c1-13(2,3)11(17)15-16-12(18)14-9-10-7-5-4-6-8-10/h4-8H,9H2,1-3H3,(H,15,17)(H2,14,16,18). The Morgan fingerprint density at radius 3 is 2.33 bits per heavy atom. The molecule has 0 aliphatic rings. The SMILES string of the molecule is CC(C)(C)C(=O)NNC(=S)NCc1ccccc1. The molecule has 0 fully saturated rings. The normalized spacial score (nSPS) is 10.6. The Kier molecular flexibility index (Phi) is 5.09. The molecule has 18 heavy (non-hydrogen) atoms. The fourth-order valence-corrected chi connectivity index (χ4v) is 1.25. The second kappa shape index (κ2) is 6.35. The molecule has 1 amide bonds. The molecule has 98 valence electrons. The van der Waals surface area contributed by atoms with Crippen molar-refractivity contribution in [3.8, 4) is 0 Å². The minimum Gasteiger partial charge on any atom is -0.357 e. The molecule has 1 aromatic rings. The van der Waals surface area contributed by atoms with Gasteiger partial charge < -0.3 is 5.32 Å². The highest BCUT2D eigenvalue weighted by molar-refractivity contribution is 7.80. The second-order valence-electron chi connectivity index (χ2n) is 5.00. The smallest absolute Gasteiger partial charge is 0.243 e. The first kappa shape index (κ1) is 14.4. The van der Waals surface area contributed by atoms with Crippen LogP contribution in [0.3, 0.4) is 0 Å². The molecule has 0 bridgehead atoms. The van der Waals surface area contributed by atoms with Crippen LogP contribution in [0.25, 0.3) is 0 Å². The quantitative estimate of drug-likeness (QED) is 0.563. The molecule has 0 saturated carbocycles. The lowest BCUT2D eigenvalue weighted by Crippen LogP contribution is -2.49. The number of hydrogen-bond acceptors (Lipinski definition) is 2. The van der Waals surface area contributed by atoms with Crippen molar-refractivity contribution >= 4 is 23.2 Å². The average Bonchev–Trinajstić information content (AvgIpc) is 2.33. The molecule has 1 aromatic carbocycles. The van der Waals surface area contributed by atoms with Gasteiger partial charge >= 0.3 is 0 Å². The third-order valence-corrected chi connectivity index (χ3v) is 2.51. The molecule has 0 unspecified atom stereocenters. The minimum absolute atomic E-state index is 0.105. The summed E-state index contributed by atoms with van der Waals surface area (Å²) in [5, 5.41) is 3.41. The van der Waals surface area contributed by atoms with Gasteiger partial charge in [-0.25, -0.2) is 0 Å². The van der Waals surface area contributed by atoms with Gasteiger partial charge in [-0.2, -0.15) is 0 Å². The van der Waals surface area contributed by atoms with Crippen LogP contribution in [-0.4, -0.2) is 11.0 Å². The molecule has 0 aliphatic carbocycles. The van der Waals surface area contributed by atoms with Gasteiger partial charge in [0.05, 0.1) is 0 Å². The van der Waals surface area contributed by atoms with E-state index in [9.17, 15) is 4.79 Å². The Labute approximate surface area is 113 Å². The number of hydrazine groups is 1. The summed E-state index contributed by atoms with van der Waals surface area (Å²) >= 11 is 5.06. The highest BCUT2D eigenvalue weighted by Gasteiger charge is 2.20. The third-order valence-electron chi connectivity index (χ3n) is 2.27. The zero-order chi connectivity index (χ0) is 13.6. The topological polar surface area (TPSA) is 53.2 Å². The Hall–Kier alpha value is -1.62. The number of amides is 1. The van der Waals surface area contributed by atoms with Crippen molar-refractivity contribution in [3.05, 3.63) is 35.9 Å². The molecule has 0 radical (unpaired) electrons. The summed E-state index contributed by atoms with van der Waals surface area (Å²) in [5.74, 6) is -0.105. The zero-order valence-corrected chi connectivity index (χ0v) is 11.7. The summed E-state index contributed by atoms with van der Waals surface area (Å²) in [7, 11) is 0. The molecule has 0 aromatic heterocycles. The van der Waals surface area contributed by atoms with Crippen LogP contribution in [-0.2, 0) is 11.3 Å². The van der Waals surface area contributed by atoms with E-state index in [1.165, 1.54) is 0 Å². The molecule has 0 aliphatic heterocycles. The molecule has 4 nitrogen and oxygen atoms in total. The van der Waals surface area contributed by atoms with Crippen LogP contribution in [0.1, 0.15) is 26.3 Å². The monoisotopic (exact) mass is 265 g/mol. The lowest BCUT2D eigenvalue weighted by atomic mass is 9.96. The van der Waals surface area contributed by atoms with Crippen LogP contribution >= 0.6 is 12.2 Å². The summed E-state index contributed by atoms with van der Waals surface area (Å²) in [6, 6.07) is 9.90. The van der Waals surface area contributed by atoms with E-state index in [1.807, 2.05) is 51.1 Å². The van der Waals surface area contributed by atoms with E-state index in [4.69, 9.17) is 12.2 Å². The number of carbonyl (C=O) groups is 1. The number of hydrogen-bond donors (Lipinski definition) is 3. The van der Waals surface area contributed by atoms with Gasteiger partial charge in [-0.3, -0.25) is 15.6 Å². The van der Waals surface area contributed by atoms with Gasteiger partial charge in [0.25, 0.3) is 0 Å². The maximum atomic E-state index is 11.6. The molecule has 0 spiro atoms. The average molecular weight is 265 g/mol. The van der Waals surface area contributed by atoms with Gasteiger partial charge in [0.15, 0.2) is 5.11 Å². The van der Waals surface area contributed by atoms with Crippen LogP contribution in [0.2, 0.25) is 0 Å². The first-order chi connectivity index (χ1) is 8.39. The van der Waals surface area contributed by atoms with Gasteiger partial charge in [0, 0.05) is 12.0 Å². The van der Waals surface area contributed by atoms with Crippen LogP contribution in [0, 0.1) is 5.41 Å². The zero-order valence-electron chi connectivity index (χ0n) is 10.9. The molecule has 5 heteroatoms. The third kappa shape index (κ3) is 5.14. The summed E-state index contributed by atoms with van der Waals surface area (Å²) in [4.78, 5) is 11.6. The second-order valence-corrected chi connectivity index (χ2v) is 5.41. The van der Waals surface area contributed by atoms with Crippen molar-refractivity contribution in [2.24, 2.45) is 5.41 Å². The van der Waals surface area contributed by atoms with E-state index < -0.39 is 5.41 Å². The highest BCUT2D eigenvalue weighted by Crippen LogP contribution is 2.11. The molecule has 3 N–H and O–H groups in total. The van der Waals surface area contributed by atoms with E-state index >= 15 is 0 Å². The Bertz CT molecular complexity index is 412. The molecule has 0 saturated heterocycles. The number of carbonyl (C=O) groups excluding carboxylic acids is 1. The maximum Gasteiger partial charge on any atom is 0.243 e. The van der Waals surface area contributed by atoms with Gasteiger partial charge in [0.1, 0.15) is 0 Å². The number of benzene rings is 1. The predicted octanol–water partition coefficient (Wildman–Crippen LogP) is 1.73. The van der Waals surface area contributed by atoms with E-state index in [0.717, 1.165) is 5.56 Å². The first-order valence-corrected chi connectivity index (χ1v) is 6.18. The lowest BCUT2D eigenvalue weighted by Gasteiger charge is -2.19. The largest absolute Gasteiger partial charge is 0.357 e. The van der Waals surface area contributed by atoms with Crippen molar-refractivity contribution in [3.63, 3.8) is 0 Å². The molecule has 1 rings (SSSR count). The van der Waals surface area contributed by atoms with E-state index in [2.05, 4.69) is 16.2 Å². The molecular formula is C13H19N3OS. The summed E-state index contributed by atoms with van der Waals surface area (Å²) < 4.78 is 0. The van der Waals surface area contributed by atoms with Crippen molar-refractivity contribution < 1.29 is 4.79 Å². The van der Waals surface area contributed by atoms with Gasteiger partial charge in [0.2, 0.25) is 5.91 Å². The van der Waals surface area contributed by atoms with Gasteiger partial charge in [-0.05, 0) is 17.8 Å². The van der Waals surface area contributed by atoms with Crippen molar-refractivity contribution in [2.75, 3.05) is 0 Å². The van der Waals surface area contributed by atoms with Crippen molar-refractivity contribution in [1.82, 2.24) is 16.2 Å². The van der Waals surface area contributed by atoms with Crippen molar-refractivity contribution in [1.29, 1.82) is 0 Å². The van der Waals surface area contributed by atoms with Crippen LogP contribution < -0.4 is 16.2 Å². The lowest BCUT2D eigenvalue weighted by molar-refractivity contribution is -0.129. The fourth-order valence-electron chi connectivity index (χ4n) is 1.12. The number of thiocarbonyl (C=S) groups is 1. The highest BCUT2D eigenvalue weighted by atomic mass is 32.1. The van der Waals surface area contributed by atoms with E-state index in [0.29, 0.717) is 11.7 Å². The van der Waals surface area contributed by atoms with Crippen molar-refractivity contribution in [2.45, 2.75) is 27.3 Å². The summed E-state index contributed by atoms with van der Waals surface area (Å²) in [5.41, 5.74) is 5.93. The summed E-state index contributed by atoms with van der Waals surface area (Å²) in [6.07, 6.45) is 0. The molecular weight excluding hydrogens is 246 g/mol. The number of nitrogens with one attached hydrogen (secondary N) is 3. The molecule has 0 atom stereocenters. The van der Waals surface area contributed by atoms with E-state index in [1.54, 1.807) is 0 Å². The fraction of sp³-hybridized carbons (Fsp3) is 0.385. The first-order valence-electron chi connectivity index (χ1n) is 5.78. The maximum absolute atomic E-state index is 11.6. The number of rotatable bonds is 2. The van der Waals surface area contributed by atoms with E-state index in [-0.39, 0.29) is 5.91 Å². The summed E-state index contributed by atoms with van der Waals surface area (Å²) in [6.45, 7) is 6.14. The Morgan fingerprint density at radius 1 is 1.17 bits per heavy atom. The van der Waals surface area contributed by atoms with Crippen LogP contribution in [0.4, 0.5) is 0 Å². The van der Waals surface area contributed by atoms with Crippen LogP contribution in [0.15, 0.2) is 30.3 Å². The van der Waals surface area contributed by atoms with Gasteiger partial charge in [-0.15, -0.1) is 0 Å². The van der Waals surface area contributed by atoms with Gasteiger partial charge in [-0.1, -0.05) is 51.1 Å². The molecule has 0 heterocycles. The minimum atomic E-state index is -0.442. The Balaban J connectivity index is 2.29. The van der Waals surface area contributed by atoms with Crippen LogP contribution in [0.5, 0.6) is 0 Å². The predicted molar refractivity (Wildman–Crippen MR) is 76.6 cm³/mol. The Morgan fingerprint density at radius 2 is 1.78 bits per heavy atom.